The molecule has 0 spiro atoms. The summed E-state index contributed by atoms with van der Waals surface area (Å²) in [6.45, 7) is 5.88. The Morgan fingerprint density at radius 1 is 1.04 bits per heavy atom. The van der Waals surface area contributed by atoms with Crippen molar-refractivity contribution in [3.63, 3.8) is 0 Å². The summed E-state index contributed by atoms with van der Waals surface area (Å²) in [5.74, 6) is 0. The van der Waals surface area contributed by atoms with Crippen molar-refractivity contribution in [1.82, 2.24) is 15.2 Å². The third-order valence-corrected chi connectivity index (χ3v) is 4.16. The van der Waals surface area contributed by atoms with Crippen LogP contribution in [-0.2, 0) is 0 Å². The van der Waals surface area contributed by atoms with Gasteiger partial charge in [-0.3, -0.25) is 0 Å². The van der Waals surface area contributed by atoms with Crippen molar-refractivity contribution < 1.29 is 0 Å². The van der Waals surface area contributed by atoms with Crippen LogP contribution in [0.5, 0.6) is 0 Å². The smallest absolute Gasteiger partial charge is 0.234 e. The quantitative estimate of drug-likeness (QED) is 0.366. The van der Waals surface area contributed by atoms with Crippen LogP contribution < -0.4 is 20.9 Å². The molecule has 0 amide bonds. The van der Waals surface area contributed by atoms with Gasteiger partial charge in [0.15, 0.2) is 0 Å². The van der Waals surface area contributed by atoms with Gasteiger partial charge in [-0.2, -0.15) is 4.90 Å². The molecule has 0 saturated heterocycles. The van der Waals surface area contributed by atoms with Crippen LogP contribution >= 0.6 is 0 Å². The predicted octanol–water partition coefficient (Wildman–Crippen LogP) is 2.84. The SMILES string of the molecule is CC(C)NCCCNc1c2c(=[N+]([O-])[O-])cccc-2[nH]c2ccccc12. The molecule has 3 rings (SSSR count). The first-order chi connectivity index (χ1) is 12.1. The van der Waals surface area contributed by atoms with Gasteiger partial charge in [0.1, 0.15) is 0 Å². The van der Waals surface area contributed by atoms with E-state index in [1.807, 2.05) is 30.3 Å². The number of nitrogens with zero attached hydrogens (tertiary/aromatic N) is 1. The second kappa shape index (κ2) is 7.44. The van der Waals surface area contributed by atoms with Crippen LogP contribution in [0.1, 0.15) is 20.3 Å². The monoisotopic (exact) mass is 339 g/mol. The van der Waals surface area contributed by atoms with Gasteiger partial charge in [0.25, 0.3) is 0 Å². The van der Waals surface area contributed by atoms with Crippen LogP contribution in [0.3, 0.4) is 0 Å². The summed E-state index contributed by atoms with van der Waals surface area (Å²) >= 11 is 0. The lowest BCUT2D eigenvalue weighted by molar-refractivity contribution is 0.578. The maximum Gasteiger partial charge on any atom is 0.234 e. The van der Waals surface area contributed by atoms with Crippen LogP contribution in [0.15, 0.2) is 42.5 Å². The molecule has 1 aromatic rings. The fourth-order valence-electron chi connectivity index (χ4n) is 3.03. The minimum atomic E-state index is -0.323. The highest BCUT2D eigenvalue weighted by atomic mass is 16.8. The van der Waals surface area contributed by atoms with Crippen LogP contribution in [-0.4, -0.2) is 24.1 Å². The van der Waals surface area contributed by atoms with E-state index in [0.717, 1.165) is 41.8 Å². The third kappa shape index (κ3) is 3.69. The summed E-state index contributed by atoms with van der Waals surface area (Å²) in [6, 6.07) is 13.5. The molecule has 3 N–H and O–H groups in total. The molecule has 1 heterocycles. The number of H-pyrrole nitrogens is 1. The van der Waals surface area contributed by atoms with Gasteiger partial charge in [-0.1, -0.05) is 38.1 Å². The van der Waals surface area contributed by atoms with Gasteiger partial charge >= 0.3 is 0 Å². The van der Waals surface area contributed by atoms with Gasteiger partial charge in [0.05, 0.1) is 16.9 Å². The fourth-order valence-corrected chi connectivity index (χ4v) is 3.03. The average Bonchev–Trinajstić information content (AvgIpc) is 2.59. The highest BCUT2D eigenvalue weighted by Crippen LogP contribution is 2.32. The van der Waals surface area contributed by atoms with E-state index in [-0.39, 0.29) is 10.3 Å². The van der Waals surface area contributed by atoms with E-state index in [4.69, 9.17) is 0 Å². The maximum atomic E-state index is 11.5. The zero-order valence-corrected chi connectivity index (χ0v) is 14.5. The van der Waals surface area contributed by atoms with E-state index < -0.39 is 0 Å². The molecule has 0 saturated carbocycles. The zero-order chi connectivity index (χ0) is 17.8. The van der Waals surface area contributed by atoms with Gasteiger partial charge in [0.2, 0.25) is 5.36 Å². The number of anilines is 1. The maximum absolute atomic E-state index is 11.5. The lowest BCUT2D eigenvalue weighted by atomic mass is 10.0. The fraction of sp³-hybridized carbons (Fsp3) is 0.316. The van der Waals surface area contributed by atoms with E-state index in [9.17, 15) is 10.4 Å². The Labute approximate surface area is 146 Å². The zero-order valence-electron chi connectivity index (χ0n) is 14.5. The molecule has 6 nitrogen and oxygen atoms in total. The van der Waals surface area contributed by atoms with Crippen LogP contribution in [0.4, 0.5) is 5.69 Å². The minimum Gasteiger partial charge on any atom is -0.612 e. The summed E-state index contributed by atoms with van der Waals surface area (Å²) in [6.07, 6.45) is 0.938. The van der Waals surface area contributed by atoms with Crippen molar-refractivity contribution in [2.24, 2.45) is 0 Å². The average molecular weight is 339 g/mol. The number of hydrogen-bond acceptors (Lipinski definition) is 4. The van der Waals surface area contributed by atoms with Crippen molar-refractivity contribution in [3.05, 3.63) is 58.2 Å². The first-order valence-corrected chi connectivity index (χ1v) is 8.56. The molecule has 1 aromatic carbocycles. The normalized spacial score (nSPS) is 11.3. The van der Waals surface area contributed by atoms with Crippen molar-refractivity contribution in [2.45, 2.75) is 26.3 Å². The third-order valence-electron chi connectivity index (χ3n) is 4.16. The molecule has 0 radical (unpaired) electrons. The Morgan fingerprint density at radius 2 is 1.84 bits per heavy atom. The molecule has 1 aliphatic heterocycles. The predicted molar refractivity (Wildman–Crippen MR) is 103 cm³/mol. The molecule has 2 aliphatic rings. The second-order valence-electron chi connectivity index (χ2n) is 6.39. The molecule has 6 heteroatoms. The molecule has 0 fully saturated rings. The standard InChI is InChI=1S/C19H23N4O2/c1-13(2)20-11-6-12-21-19-14-7-3-4-8-15(14)22-16-9-5-10-17(18(16)19)23(24)25/h3-5,7-10,13,20-22H,6,11-12H2,1-2H3/q-1. The van der Waals surface area contributed by atoms with Crippen molar-refractivity contribution in [1.29, 1.82) is 0 Å². The van der Waals surface area contributed by atoms with Crippen LogP contribution in [0.2, 0.25) is 0 Å². The van der Waals surface area contributed by atoms with Gasteiger partial charge in [0, 0.05) is 29.6 Å². The van der Waals surface area contributed by atoms with E-state index in [2.05, 4.69) is 29.5 Å². The summed E-state index contributed by atoms with van der Waals surface area (Å²) in [5, 5.41) is 30.9. The number of pyridine rings is 1. The number of para-hydroxylation sites is 1. The number of aromatic nitrogens is 1. The van der Waals surface area contributed by atoms with E-state index in [1.165, 1.54) is 0 Å². The Hall–Kier alpha value is -2.73. The highest BCUT2D eigenvalue weighted by Gasteiger charge is 2.17. The molecule has 132 valence electrons. The second-order valence-corrected chi connectivity index (χ2v) is 6.39. The lowest BCUT2D eigenvalue weighted by Gasteiger charge is -2.18. The Balaban J connectivity index is 2.05. The topological polar surface area (TPSA) is 89.0 Å². The van der Waals surface area contributed by atoms with E-state index in [1.54, 1.807) is 12.1 Å². The number of aromatic amines is 1. The van der Waals surface area contributed by atoms with Gasteiger partial charge in [-0.05, 0) is 25.1 Å². The number of hydrogen-bond donors (Lipinski definition) is 3. The Kier molecular flexibility index (Phi) is 5.09. The highest BCUT2D eigenvalue weighted by molar-refractivity contribution is 6.00. The molecule has 0 aromatic heterocycles. The largest absolute Gasteiger partial charge is 0.612 e. The summed E-state index contributed by atoms with van der Waals surface area (Å²) in [7, 11) is 0. The Bertz CT molecular complexity index is 897. The van der Waals surface area contributed by atoms with Crippen molar-refractivity contribution in [3.8, 4) is 11.3 Å². The summed E-state index contributed by atoms with van der Waals surface area (Å²) < 4.78 is 0. The number of rotatable bonds is 6. The minimum absolute atomic E-state index is 0.113. The van der Waals surface area contributed by atoms with Crippen molar-refractivity contribution in [2.75, 3.05) is 18.4 Å². The number of benzene rings is 2. The van der Waals surface area contributed by atoms with Gasteiger partial charge < -0.3 is 26.0 Å². The molecule has 0 atom stereocenters. The number of nitrogens with one attached hydrogen (secondary N) is 3. The molecule has 1 aliphatic carbocycles. The number of fused-ring (bicyclic) bond motifs is 2. The van der Waals surface area contributed by atoms with Crippen LogP contribution in [0.25, 0.3) is 22.2 Å². The van der Waals surface area contributed by atoms with E-state index in [0.29, 0.717) is 11.6 Å². The van der Waals surface area contributed by atoms with Gasteiger partial charge in [-0.15, -0.1) is 0 Å². The van der Waals surface area contributed by atoms with Gasteiger partial charge in [-0.25, -0.2) is 0 Å². The molecular formula is C19H23N4O2-. The summed E-state index contributed by atoms with van der Waals surface area (Å²) in [4.78, 5) is 2.98. The van der Waals surface area contributed by atoms with Crippen molar-refractivity contribution >= 4 is 16.6 Å². The molecule has 0 unspecified atom stereocenters. The Morgan fingerprint density at radius 3 is 2.60 bits per heavy atom. The first kappa shape index (κ1) is 17.1. The van der Waals surface area contributed by atoms with Crippen LogP contribution in [0, 0.1) is 10.4 Å². The molecular weight excluding hydrogens is 316 g/mol. The molecule has 0 bridgehead atoms. The first-order valence-electron chi connectivity index (χ1n) is 8.56. The summed E-state index contributed by atoms with van der Waals surface area (Å²) in [5.41, 5.74) is 3.17. The molecule has 25 heavy (non-hydrogen) atoms. The lowest BCUT2D eigenvalue weighted by Crippen LogP contribution is -2.26. The van der Waals surface area contributed by atoms with E-state index >= 15 is 0 Å².